The Bertz CT molecular complexity index is 889. The number of nitrogens with zero attached hydrogens (tertiary/aromatic N) is 3. The Kier molecular flexibility index (Phi) is 6.21. The van der Waals surface area contributed by atoms with E-state index in [2.05, 4.69) is 42.4 Å². The van der Waals surface area contributed by atoms with Gasteiger partial charge in [-0.2, -0.15) is 0 Å². The van der Waals surface area contributed by atoms with Crippen molar-refractivity contribution in [3.8, 4) is 0 Å². The molecular weight excluding hydrogens is 454 g/mol. The highest BCUT2D eigenvalue weighted by atomic mass is 79.9. The second-order valence-corrected chi connectivity index (χ2v) is 8.85. The van der Waals surface area contributed by atoms with Crippen LogP contribution in [0.5, 0.6) is 0 Å². The third-order valence-electron chi connectivity index (χ3n) is 5.86. The Morgan fingerprint density at radius 3 is 2.70 bits per heavy atom. The van der Waals surface area contributed by atoms with E-state index in [9.17, 15) is 9.59 Å². The van der Waals surface area contributed by atoms with E-state index in [0.717, 1.165) is 29.8 Å². The summed E-state index contributed by atoms with van der Waals surface area (Å²) in [6.45, 7) is 2.58. The van der Waals surface area contributed by atoms with Crippen LogP contribution in [0.4, 0.5) is 10.6 Å². The van der Waals surface area contributed by atoms with Gasteiger partial charge in [0.1, 0.15) is 5.82 Å². The Morgan fingerprint density at radius 1 is 1.30 bits per heavy atom. The molecule has 2 amide bonds. The molecule has 2 aliphatic rings. The van der Waals surface area contributed by atoms with Gasteiger partial charge in [0, 0.05) is 36.4 Å². The number of hydrogen-bond donors (Lipinski definition) is 2. The van der Waals surface area contributed by atoms with E-state index >= 15 is 0 Å². The number of pyridine rings is 1. The molecule has 3 N–H and O–H groups in total. The number of hydrogen-bond acceptors (Lipinski definition) is 7. The third kappa shape index (κ3) is 4.92. The normalized spacial score (nSPS) is 22.7. The summed E-state index contributed by atoms with van der Waals surface area (Å²) < 4.78 is 11.0. The minimum atomic E-state index is -0.688. The highest BCUT2D eigenvalue weighted by Crippen LogP contribution is 2.43. The van der Waals surface area contributed by atoms with Gasteiger partial charge in [0.25, 0.3) is 5.91 Å². The average Bonchev–Trinajstić information content (AvgIpc) is 3.42. The Labute approximate surface area is 182 Å². The highest BCUT2D eigenvalue weighted by molar-refractivity contribution is 9.10. The molecule has 2 unspecified atom stereocenters. The maximum absolute atomic E-state index is 11.8. The lowest BCUT2D eigenvalue weighted by Gasteiger charge is -2.20. The van der Waals surface area contributed by atoms with E-state index in [1.807, 2.05) is 12.3 Å². The number of rotatable bonds is 7. The van der Waals surface area contributed by atoms with Crippen molar-refractivity contribution in [2.24, 2.45) is 23.5 Å². The standard InChI is InChI=1S/C20H24BrN5O4/c21-15-1-2-18(24-8-15)26-9-13-5-12(6-14(13)10-26)3-4-23-20(28)29-11-16-7-17(19(22)27)25-30-16/h1-2,7-8,12-14H,3-6,9-11H2,(H2,22,27)(H,23,28). The first kappa shape index (κ1) is 20.6. The second-order valence-electron chi connectivity index (χ2n) is 7.93. The number of anilines is 1. The molecule has 1 aliphatic carbocycles. The van der Waals surface area contributed by atoms with E-state index in [0.29, 0.717) is 24.3 Å². The first-order chi connectivity index (χ1) is 14.5. The van der Waals surface area contributed by atoms with Gasteiger partial charge in [-0.25, -0.2) is 9.78 Å². The SMILES string of the molecule is NC(=O)c1cc(COC(=O)NCCC2CC3CN(c4ccc(Br)cn4)CC3C2)on1. The van der Waals surface area contributed by atoms with Crippen molar-refractivity contribution in [2.75, 3.05) is 24.5 Å². The van der Waals surface area contributed by atoms with Gasteiger partial charge in [0.2, 0.25) is 0 Å². The van der Waals surface area contributed by atoms with Crippen LogP contribution in [0.15, 0.2) is 33.4 Å². The molecule has 3 heterocycles. The average molecular weight is 478 g/mol. The number of carbonyl (C=O) groups is 2. The van der Waals surface area contributed by atoms with Crippen LogP contribution in [0.3, 0.4) is 0 Å². The van der Waals surface area contributed by atoms with Gasteiger partial charge in [0.05, 0.1) is 0 Å². The molecule has 2 aromatic rings. The third-order valence-corrected chi connectivity index (χ3v) is 6.33. The summed E-state index contributed by atoms with van der Waals surface area (Å²) >= 11 is 3.43. The lowest BCUT2D eigenvalue weighted by Crippen LogP contribution is -2.27. The van der Waals surface area contributed by atoms with Crippen molar-refractivity contribution >= 4 is 33.7 Å². The minimum Gasteiger partial charge on any atom is -0.441 e. The largest absolute Gasteiger partial charge is 0.441 e. The molecule has 9 nitrogen and oxygen atoms in total. The summed E-state index contributed by atoms with van der Waals surface area (Å²) in [6, 6.07) is 5.45. The number of aromatic nitrogens is 2. The van der Waals surface area contributed by atoms with Gasteiger partial charge in [-0.05, 0) is 65.1 Å². The van der Waals surface area contributed by atoms with E-state index in [1.165, 1.54) is 18.9 Å². The molecule has 2 aromatic heterocycles. The maximum atomic E-state index is 11.8. The van der Waals surface area contributed by atoms with Gasteiger partial charge >= 0.3 is 6.09 Å². The Morgan fingerprint density at radius 2 is 2.07 bits per heavy atom. The molecule has 0 bridgehead atoms. The summed E-state index contributed by atoms with van der Waals surface area (Å²) in [7, 11) is 0. The molecule has 4 rings (SSSR count). The number of primary amides is 1. The fraction of sp³-hybridized carbons (Fsp3) is 0.500. The molecule has 2 atom stereocenters. The quantitative estimate of drug-likeness (QED) is 0.627. The van der Waals surface area contributed by atoms with Gasteiger partial charge in [-0.1, -0.05) is 5.16 Å². The zero-order chi connectivity index (χ0) is 21.1. The van der Waals surface area contributed by atoms with E-state index in [4.69, 9.17) is 15.0 Å². The van der Waals surface area contributed by atoms with Crippen LogP contribution >= 0.6 is 15.9 Å². The van der Waals surface area contributed by atoms with Crippen molar-refractivity contribution < 1.29 is 18.8 Å². The molecule has 0 radical (unpaired) electrons. The number of ether oxygens (including phenoxy) is 1. The number of fused-ring (bicyclic) bond motifs is 1. The van der Waals surface area contributed by atoms with Crippen LogP contribution in [0.25, 0.3) is 0 Å². The van der Waals surface area contributed by atoms with Gasteiger partial charge < -0.3 is 25.2 Å². The summed E-state index contributed by atoms with van der Waals surface area (Å²) in [5.41, 5.74) is 5.11. The van der Waals surface area contributed by atoms with Gasteiger partial charge in [0.15, 0.2) is 18.1 Å². The maximum Gasteiger partial charge on any atom is 0.407 e. The van der Waals surface area contributed by atoms with Crippen LogP contribution in [0.1, 0.15) is 35.5 Å². The second kappa shape index (κ2) is 9.03. The minimum absolute atomic E-state index is 0.00951. The predicted octanol–water partition coefficient (Wildman–Crippen LogP) is 2.71. The van der Waals surface area contributed by atoms with Crippen molar-refractivity contribution in [1.82, 2.24) is 15.5 Å². The van der Waals surface area contributed by atoms with E-state index in [-0.39, 0.29) is 18.1 Å². The summed E-state index contributed by atoms with van der Waals surface area (Å²) in [4.78, 5) is 29.7. The monoisotopic (exact) mass is 477 g/mol. The number of carbonyl (C=O) groups excluding carboxylic acids is 2. The topological polar surface area (TPSA) is 124 Å². The number of amides is 2. The van der Waals surface area contributed by atoms with Crippen molar-refractivity contribution in [3.05, 3.63) is 40.3 Å². The fourth-order valence-electron chi connectivity index (χ4n) is 4.47. The smallest absolute Gasteiger partial charge is 0.407 e. The van der Waals surface area contributed by atoms with Crippen LogP contribution in [0.2, 0.25) is 0 Å². The molecule has 1 saturated heterocycles. The summed E-state index contributed by atoms with van der Waals surface area (Å²) in [5.74, 6) is 2.63. The predicted molar refractivity (Wildman–Crippen MR) is 112 cm³/mol. The first-order valence-corrected chi connectivity index (χ1v) is 10.8. The number of nitrogens with one attached hydrogen (secondary N) is 1. The first-order valence-electron chi connectivity index (χ1n) is 10.0. The molecule has 1 saturated carbocycles. The van der Waals surface area contributed by atoms with Crippen molar-refractivity contribution in [2.45, 2.75) is 25.9 Å². The number of alkyl carbamates (subject to hydrolysis) is 1. The van der Waals surface area contributed by atoms with Crippen molar-refractivity contribution in [3.63, 3.8) is 0 Å². The molecule has 0 spiro atoms. The molecule has 0 aromatic carbocycles. The molecule has 1 aliphatic heterocycles. The Balaban J connectivity index is 1.14. The molecular formula is C20H24BrN5O4. The molecule has 2 fully saturated rings. The van der Waals surface area contributed by atoms with E-state index in [1.54, 1.807) is 0 Å². The number of halogens is 1. The Hall–Kier alpha value is -2.62. The number of nitrogens with two attached hydrogens (primary N) is 1. The molecule has 10 heteroatoms. The van der Waals surface area contributed by atoms with Crippen molar-refractivity contribution in [1.29, 1.82) is 0 Å². The zero-order valence-corrected chi connectivity index (χ0v) is 18.0. The lowest BCUT2D eigenvalue weighted by molar-refractivity contribution is 0.0989. The highest BCUT2D eigenvalue weighted by Gasteiger charge is 2.40. The van der Waals surface area contributed by atoms with Crippen LogP contribution < -0.4 is 16.0 Å². The van der Waals surface area contributed by atoms with Crippen LogP contribution in [0, 0.1) is 17.8 Å². The summed E-state index contributed by atoms with van der Waals surface area (Å²) in [5, 5.41) is 6.27. The molecule has 30 heavy (non-hydrogen) atoms. The van der Waals surface area contributed by atoms with Gasteiger partial charge in [-0.15, -0.1) is 0 Å². The zero-order valence-electron chi connectivity index (χ0n) is 16.4. The van der Waals surface area contributed by atoms with Crippen LogP contribution in [-0.4, -0.2) is 41.8 Å². The molecule has 160 valence electrons. The fourth-order valence-corrected chi connectivity index (χ4v) is 4.70. The van der Waals surface area contributed by atoms with Crippen LogP contribution in [-0.2, 0) is 11.3 Å². The van der Waals surface area contributed by atoms with E-state index < -0.39 is 12.0 Å². The van der Waals surface area contributed by atoms with Gasteiger partial charge in [-0.3, -0.25) is 4.79 Å². The lowest BCUT2D eigenvalue weighted by atomic mass is 10.0. The summed E-state index contributed by atoms with van der Waals surface area (Å²) in [6.07, 6.45) is 4.63.